The molecule has 0 aliphatic carbocycles. The van der Waals surface area contributed by atoms with Crippen molar-refractivity contribution in [3.63, 3.8) is 0 Å². The molecule has 0 aromatic carbocycles. The third-order valence-corrected chi connectivity index (χ3v) is 5.56. The van der Waals surface area contributed by atoms with Gasteiger partial charge in [0.2, 0.25) is 0 Å². The Hall–Kier alpha value is 0.260. The van der Waals surface area contributed by atoms with Crippen molar-refractivity contribution in [1.29, 1.82) is 0 Å². The topological polar surface area (TPSA) is 15.3 Å². The summed E-state index contributed by atoms with van der Waals surface area (Å²) < 4.78 is 0. The molecule has 0 amide bonds. The minimum atomic E-state index is 0.352. The normalized spacial score (nSPS) is 24.6. The Morgan fingerprint density at radius 3 is 3.00 bits per heavy atom. The molecule has 1 aromatic rings. The highest BCUT2D eigenvalue weighted by Gasteiger charge is 2.29. The van der Waals surface area contributed by atoms with E-state index in [4.69, 9.17) is 11.6 Å². The minimum absolute atomic E-state index is 0.352. The van der Waals surface area contributed by atoms with E-state index in [1.165, 1.54) is 16.4 Å². The van der Waals surface area contributed by atoms with Crippen LogP contribution in [0.3, 0.4) is 0 Å². The Bertz CT molecular complexity index is 342. The highest BCUT2D eigenvalue weighted by atomic mass is 35.5. The molecule has 2 heterocycles. The first-order valence-electron chi connectivity index (χ1n) is 5.42. The van der Waals surface area contributed by atoms with Gasteiger partial charge in [-0.15, -0.1) is 11.3 Å². The summed E-state index contributed by atoms with van der Waals surface area (Å²) in [5.74, 6) is 2.41. The summed E-state index contributed by atoms with van der Waals surface area (Å²) in [6.45, 7) is 1.16. The second kappa shape index (κ2) is 5.74. The van der Waals surface area contributed by atoms with E-state index in [1.54, 1.807) is 11.3 Å². The van der Waals surface area contributed by atoms with Crippen LogP contribution in [0.15, 0.2) is 11.4 Å². The van der Waals surface area contributed by atoms with Crippen molar-refractivity contribution < 1.29 is 0 Å². The SMILES string of the molecule is CNC(c1sccc1Cl)C1CSCCN1C. The molecule has 0 saturated carbocycles. The lowest BCUT2D eigenvalue weighted by atomic mass is 10.1. The quantitative estimate of drug-likeness (QED) is 0.914. The lowest BCUT2D eigenvalue weighted by Crippen LogP contribution is -2.46. The van der Waals surface area contributed by atoms with Gasteiger partial charge >= 0.3 is 0 Å². The van der Waals surface area contributed by atoms with Crippen LogP contribution in [0.2, 0.25) is 5.02 Å². The molecular weight excluding hydrogens is 260 g/mol. The van der Waals surface area contributed by atoms with E-state index in [0.29, 0.717) is 12.1 Å². The summed E-state index contributed by atoms with van der Waals surface area (Å²) in [6, 6.07) is 2.88. The number of nitrogens with zero attached hydrogens (tertiary/aromatic N) is 1. The molecule has 2 atom stereocenters. The summed E-state index contributed by atoms with van der Waals surface area (Å²) in [5, 5.41) is 6.38. The molecule has 1 saturated heterocycles. The average Bonchev–Trinajstić information content (AvgIpc) is 2.69. The van der Waals surface area contributed by atoms with Crippen LogP contribution >= 0.6 is 34.7 Å². The Morgan fingerprint density at radius 2 is 2.44 bits per heavy atom. The Balaban J connectivity index is 2.18. The van der Waals surface area contributed by atoms with Gasteiger partial charge in [0.05, 0.1) is 11.1 Å². The van der Waals surface area contributed by atoms with Crippen LogP contribution < -0.4 is 5.32 Å². The molecule has 1 aliphatic rings. The van der Waals surface area contributed by atoms with Crippen LogP contribution in [-0.4, -0.2) is 43.1 Å². The van der Waals surface area contributed by atoms with Crippen LogP contribution in [0.5, 0.6) is 0 Å². The van der Waals surface area contributed by atoms with Crippen LogP contribution in [0.4, 0.5) is 0 Å². The highest BCUT2D eigenvalue weighted by Crippen LogP contribution is 2.34. The van der Waals surface area contributed by atoms with E-state index in [-0.39, 0.29) is 0 Å². The van der Waals surface area contributed by atoms with Gasteiger partial charge < -0.3 is 5.32 Å². The second-order valence-electron chi connectivity index (χ2n) is 4.02. The Kier molecular flexibility index (Phi) is 4.56. The van der Waals surface area contributed by atoms with Gasteiger partial charge in [0.15, 0.2) is 0 Å². The molecule has 1 N–H and O–H groups in total. The van der Waals surface area contributed by atoms with E-state index >= 15 is 0 Å². The first-order valence-corrected chi connectivity index (χ1v) is 7.83. The average molecular weight is 277 g/mol. The van der Waals surface area contributed by atoms with Crippen molar-refractivity contribution in [2.24, 2.45) is 0 Å². The minimum Gasteiger partial charge on any atom is -0.311 e. The van der Waals surface area contributed by atoms with E-state index in [1.807, 2.05) is 24.9 Å². The number of hydrogen-bond acceptors (Lipinski definition) is 4. The molecule has 0 spiro atoms. The number of nitrogens with one attached hydrogen (secondary N) is 1. The molecule has 0 radical (unpaired) electrons. The number of halogens is 1. The molecule has 1 aromatic heterocycles. The molecule has 0 bridgehead atoms. The fourth-order valence-electron chi connectivity index (χ4n) is 2.08. The molecule has 1 fully saturated rings. The number of thiophene rings is 1. The standard InChI is InChI=1S/C11H17ClN2S2/c1-13-10(11-8(12)3-5-16-11)9-7-15-6-4-14(9)2/h3,5,9-10,13H,4,6-7H2,1-2H3. The highest BCUT2D eigenvalue weighted by molar-refractivity contribution is 7.99. The van der Waals surface area contributed by atoms with Gasteiger partial charge in [-0.1, -0.05) is 11.6 Å². The predicted molar refractivity (Wildman–Crippen MR) is 74.9 cm³/mol. The van der Waals surface area contributed by atoms with E-state index in [9.17, 15) is 0 Å². The van der Waals surface area contributed by atoms with Gasteiger partial charge in [0.25, 0.3) is 0 Å². The van der Waals surface area contributed by atoms with Crippen LogP contribution in [0.1, 0.15) is 10.9 Å². The zero-order valence-electron chi connectivity index (χ0n) is 9.57. The van der Waals surface area contributed by atoms with Crippen LogP contribution in [0.25, 0.3) is 0 Å². The van der Waals surface area contributed by atoms with Crippen molar-refractivity contribution in [2.75, 3.05) is 32.1 Å². The Morgan fingerprint density at radius 1 is 1.62 bits per heavy atom. The van der Waals surface area contributed by atoms with Gasteiger partial charge in [-0.3, -0.25) is 4.90 Å². The first kappa shape index (κ1) is 12.7. The van der Waals surface area contributed by atoms with Crippen LogP contribution in [0, 0.1) is 0 Å². The number of rotatable bonds is 3. The summed E-state index contributed by atoms with van der Waals surface area (Å²) in [4.78, 5) is 3.71. The second-order valence-corrected chi connectivity index (χ2v) is 6.53. The molecule has 16 heavy (non-hydrogen) atoms. The summed E-state index contributed by atoms with van der Waals surface area (Å²) in [6.07, 6.45) is 0. The lowest BCUT2D eigenvalue weighted by Gasteiger charge is -2.37. The molecular formula is C11H17ClN2S2. The van der Waals surface area contributed by atoms with Crippen molar-refractivity contribution in [2.45, 2.75) is 12.1 Å². The summed E-state index contributed by atoms with van der Waals surface area (Å²) in [7, 11) is 4.23. The van der Waals surface area contributed by atoms with Crippen molar-refractivity contribution in [3.8, 4) is 0 Å². The first-order chi connectivity index (χ1) is 7.74. The van der Waals surface area contributed by atoms with Crippen LogP contribution in [-0.2, 0) is 0 Å². The summed E-state index contributed by atoms with van der Waals surface area (Å²) >= 11 is 10.0. The molecule has 2 rings (SSSR count). The maximum absolute atomic E-state index is 6.23. The molecule has 2 unspecified atom stereocenters. The zero-order valence-corrected chi connectivity index (χ0v) is 12.0. The maximum atomic E-state index is 6.23. The predicted octanol–water partition coefficient (Wildman–Crippen LogP) is 2.71. The fraction of sp³-hybridized carbons (Fsp3) is 0.636. The van der Waals surface area contributed by atoms with Crippen molar-refractivity contribution in [1.82, 2.24) is 10.2 Å². The smallest absolute Gasteiger partial charge is 0.0593 e. The summed E-state index contributed by atoms with van der Waals surface area (Å²) in [5.41, 5.74) is 0. The third kappa shape index (κ3) is 2.57. The van der Waals surface area contributed by atoms with Gasteiger partial charge in [-0.05, 0) is 25.5 Å². The van der Waals surface area contributed by atoms with Crippen molar-refractivity contribution >= 4 is 34.7 Å². The molecule has 90 valence electrons. The number of likely N-dealkylation sites (N-methyl/N-ethyl adjacent to an activating group) is 2. The number of hydrogen-bond donors (Lipinski definition) is 1. The Labute approximate surface area is 110 Å². The van der Waals surface area contributed by atoms with E-state index in [2.05, 4.69) is 22.6 Å². The molecule has 1 aliphatic heterocycles. The van der Waals surface area contributed by atoms with E-state index < -0.39 is 0 Å². The number of thioether (sulfide) groups is 1. The van der Waals surface area contributed by atoms with E-state index in [0.717, 1.165) is 11.6 Å². The van der Waals surface area contributed by atoms with Gasteiger partial charge in [0.1, 0.15) is 0 Å². The van der Waals surface area contributed by atoms with Gasteiger partial charge in [0, 0.05) is 29.0 Å². The third-order valence-electron chi connectivity index (χ3n) is 3.07. The zero-order chi connectivity index (χ0) is 11.5. The van der Waals surface area contributed by atoms with Gasteiger partial charge in [-0.25, -0.2) is 0 Å². The molecule has 2 nitrogen and oxygen atoms in total. The maximum Gasteiger partial charge on any atom is 0.0593 e. The fourth-order valence-corrected chi connectivity index (χ4v) is 4.70. The lowest BCUT2D eigenvalue weighted by molar-refractivity contribution is 0.223. The monoisotopic (exact) mass is 276 g/mol. The van der Waals surface area contributed by atoms with Gasteiger partial charge in [-0.2, -0.15) is 11.8 Å². The molecule has 5 heteroatoms. The van der Waals surface area contributed by atoms with Crippen molar-refractivity contribution in [3.05, 3.63) is 21.3 Å². The largest absolute Gasteiger partial charge is 0.311 e.